The Balaban J connectivity index is 2.23. The summed E-state index contributed by atoms with van der Waals surface area (Å²) in [6.45, 7) is 2.03. The molecule has 0 aliphatic carbocycles. The maximum Gasteiger partial charge on any atom is 0.178 e. The van der Waals surface area contributed by atoms with E-state index in [1.165, 1.54) is 0 Å². The van der Waals surface area contributed by atoms with Crippen molar-refractivity contribution in [2.75, 3.05) is 5.73 Å². The third-order valence-corrected chi connectivity index (χ3v) is 3.47. The number of rotatable bonds is 2. The average Bonchev–Trinajstić information content (AvgIpc) is 2.81. The first-order valence-corrected chi connectivity index (χ1v) is 6.61. The fourth-order valence-electron chi connectivity index (χ4n) is 2.21. The summed E-state index contributed by atoms with van der Waals surface area (Å²) >= 11 is 6.23. The lowest BCUT2D eigenvalue weighted by atomic mass is 10.00. The first-order valence-electron chi connectivity index (χ1n) is 6.24. The molecule has 0 saturated heterocycles. The molecule has 0 atom stereocenters. The van der Waals surface area contributed by atoms with Crippen LogP contribution in [0.5, 0.6) is 0 Å². The molecule has 2 aromatic carbocycles. The predicted molar refractivity (Wildman–Crippen MR) is 81.5 cm³/mol. The predicted octanol–water partition coefficient (Wildman–Crippen LogP) is 4.55. The fourth-order valence-corrected chi connectivity index (χ4v) is 2.43. The number of aromatic nitrogens is 1. The molecule has 0 aliphatic rings. The average molecular weight is 285 g/mol. The van der Waals surface area contributed by atoms with Crippen LogP contribution in [0.3, 0.4) is 0 Å². The SMILES string of the molecule is Cc1cccc(-c2c(N)noc2-c2ccccc2Cl)c1. The Bertz CT molecular complexity index is 765. The van der Waals surface area contributed by atoms with Crippen LogP contribution in [-0.2, 0) is 0 Å². The number of anilines is 1. The molecule has 0 spiro atoms. The summed E-state index contributed by atoms with van der Waals surface area (Å²) in [5.41, 5.74) is 9.65. The molecular weight excluding hydrogens is 272 g/mol. The Labute approximate surface area is 122 Å². The highest BCUT2D eigenvalue weighted by molar-refractivity contribution is 6.33. The first-order chi connectivity index (χ1) is 9.66. The van der Waals surface area contributed by atoms with Gasteiger partial charge in [0.15, 0.2) is 11.6 Å². The van der Waals surface area contributed by atoms with E-state index < -0.39 is 0 Å². The van der Waals surface area contributed by atoms with Gasteiger partial charge in [-0.2, -0.15) is 0 Å². The van der Waals surface area contributed by atoms with Crippen molar-refractivity contribution in [3.8, 4) is 22.5 Å². The zero-order chi connectivity index (χ0) is 14.1. The molecule has 0 aliphatic heterocycles. The van der Waals surface area contributed by atoms with Crippen LogP contribution < -0.4 is 5.73 Å². The molecule has 0 radical (unpaired) electrons. The van der Waals surface area contributed by atoms with Crippen molar-refractivity contribution in [1.82, 2.24) is 5.16 Å². The summed E-state index contributed by atoms with van der Waals surface area (Å²) < 4.78 is 5.40. The van der Waals surface area contributed by atoms with E-state index in [2.05, 4.69) is 5.16 Å². The number of hydrogen-bond acceptors (Lipinski definition) is 3. The highest BCUT2D eigenvalue weighted by Crippen LogP contribution is 2.39. The molecule has 1 heterocycles. The Morgan fingerprint density at radius 3 is 2.65 bits per heavy atom. The highest BCUT2D eigenvalue weighted by Gasteiger charge is 2.19. The van der Waals surface area contributed by atoms with Crippen molar-refractivity contribution in [2.45, 2.75) is 6.92 Å². The standard InChI is InChI=1S/C16H13ClN2O/c1-10-5-4-6-11(9-10)14-15(20-19-16(14)18)12-7-2-3-8-13(12)17/h2-9H,1H3,(H2,18,19). The highest BCUT2D eigenvalue weighted by atomic mass is 35.5. The van der Waals surface area contributed by atoms with Crippen LogP contribution in [0.2, 0.25) is 5.02 Å². The third-order valence-electron chi connectivity index (χ3n) is 3.14. The number of aryl methyl sites for hydroxylation is 1. The van der Waals surface area contributed by atoms with Crippen LogP contribution in [0.25, 0.3) is 22.5 Å². The molecule has 1 aromatic heterocycles. The second-order valence-electron chi connectivity index (χ2n) is 4.62. The van der Waals surface area contributed by atoms with Gasteiger partial charge in [0.2, 0.25) is 0 Å². The van der Waals surface area contributed by atoms with Crippen molar-refractivity contribution >= 4 is 17.4 Å². The number of benzene rings is 2. The largest absolute Gasteiger partial charge is 0.380 e. The van der Waals surface area contributed by atoms with E-state index in [9.17, 15) is 0 Å². The van der Waals surface area contributed by atoms with E-state index in [1.807, 2.05) is 55.5 Å². The Hall–Kier alpha value is -2.26. The van der Waals surface area contributed by atoms with Crippen LogP contribution >= 0.6 is 11.6 Å². The minimum Gasteiger partial charge on any atom is -0.380 e. The molecule has 3 aromatic rings. The van der Waals surface area contributed by atoms with E-state index >= 15 is 0 Å². The summed E-state index contributed by atoms with van der Waals surface area (Å²) in [4.78, 5) is 0. The van der Waals surface area contributed by atoms with Gasteiger partial charge in [-0.25, -0.2) is 0 Å². The summed E-state index contributed by atoms with van der Waals surface area (Å²) in [5.74, 6) is 0.962. The van der Waals surface area contributed by atoms with Crippen LogP contribution in [0.15, 0.2) is 53.1 Å². The van der Waals surface area contributed by atoms with Crippen LogP contribution in [-0.4, -0.2) is 5.16 Å². The van der Waals surface area contributed by atoms with E-state index in [0.29, 0.717) is 16.6 Å². The maximum absolute atomic E-state index is 6.23. The van der Waals surface area contributed by atoms with Crippen molar-refractivity contribution in [3.63, 3.8) is 0 Å². The molecule has 0 saturated carbocycles. The molecule has 0 amide bonds. The number of halogens is 1. The van der Waals surface area contributed by atoms with Gasteiger partial charge in [-0.15, -0.1) is 0 Å². The van der Waals surface area contributed by atoms with E-state index in [0.717, 1.165) is 22.3 Å². The minimum absolute atomic E-state index is 0.366. The van der Waals surface area contributed by atoms with E-state index in [4.69, 9.17) is 21.9 Å². The third kappa shape index (κ3) is 2.17. The van der Waals surface area contributed by atoms with Gasteiger partial charge < -0.3 is 10.3 Å². The smallest absolute Gasteiger partial charge is 0.178 e. The quantitative estimate of drug-likeness (QED) is 0.751. The fraction of sp³-hybridized carbons (Fsp3) is 0.0625. The lowest BCUT2D eigenvalue weighted by Crippen LogP contribution is -1.89. The summed E-state index contributed by atoms with van der Waals surface area (Å²) in [7, 11) is 0. The number of nitrogen functional groups attached to an aromatic ring is 1. The van der Waals surface area contributed by atoms with Gasteiger partial charge in [0.1, 0.15) is 0 Å². The lowest BCUT2D eigenvalue weighted by Gasteiger charge is -2.05. The van der Waals surface area contributed by atoms with Gasteiger partial charge in [-0.05, 0) is 24.6 Å². The maximum atomic E-state index is 6.23. The molecule has 0 unspecified atom stereocenters. The summed E-state index contributed by atoms with van der Waals surface area (Å²) in [6.07, 6.45) is 0. The van der Waals surface area contributed by atoms with Gasteiger partial charge in [-0.3, -0.25) is 0 Å². The van der Waals surface area contributed by atoms with Gasteiger partial charge in [-0.1, -0.05) is 58.7 Å². The summed E-state index contributed by atoms with van der Waals surface area (Å²) in [5, 5.41) is 4.49. The molecule has 0 fully saturated rings. The Morgan fingerprint density at radius 2 is 1.90 bits per heavy atom. The molecule has 4 heteroatoms. The zero-order valence-corrected chi connectivity index (χ0v) is 11.7. The van der Waals surface area contributed by atoms with Gasteiger partial charge in [0.05, 0.1) is 10.6 Å². The van der Waals surface area contributed by atoms with Crippen molar-refractivity contribution < 1.29 is 4.52 Å². The molecule has 20 heavy (non-hydrogen) atoms. The van der Waals surface area contributed by atoms with Crippen LogP contribution in [0.1, 0.15) is 5.56 Å². The van der Waals surface area contributed by atoms with E-state index in [-0.39, 0.29) is 0 Å². The van der Waals surface area contributed by atoms with Gasteiger partial charge in [0.25, 0.3) is 0 Å². The Morgan fingerprint density at radius 1 is 1.10 bits per heavy atom. The summed E-state index contributed by atoms with van der Waals surface area (Å²) in [6, 6.07) is 15.5. The molecule has 100 valence electrons. The topological polar surface area (TPSA) is 52.0 Å². The molecule has 3 nitrogen and oxygen atoms in total. The number of hydrogen-bond donors (Lipinski definition) is 1. The second kappa shape index (κ2) is 5.02. The number of nitrogens with two attached hydrogens (primary N) is 1. The minimum atomic E-state index is 0.366. The van der Waals surface area contributed by atoms with Gasteiger partial charge in [0, 0.05) is 5.56 Å². The first kappa shape index (κ1) is 12.8. The van der Waals surface area contributed by atoms with Gasteiger partial charge >= 0.3 is 0 Å². The van der Waals surface area contributed by atoms with Crippen LogP contribution in [0.4, 0.5) is 5.82 Å². The molecule has 2 N–H and O–H groups in total. The zero-order valence-electron chi connectivity index (χ0n) is 10.9. The van der Waals surface area contributed by atoms with Crippen LogP contribution in [0, 0.1) is 6.92 Å². The van der Waals surface area contributed by atoms with Crippen molar-refractivity contribution in [2.24, 2.45) is 0 Å². The van der Waals surface area contributed by atoms with Crippen molar-refractivity contribution in [1.29, 1.82) is 0 Å². The second-order valence-corrected chi connectivity index (χ2v) is 5.03. The Kier molecular flexibility index (Phi) is 3.20. The molecular formula is C16H13ClN2O. The lowest BCUT2D eigenvalue weighted by molar-refractivity contribution is 0.436. The molecule has 0 bridgehead atoms. The van der Waals surface area contributed by atoms with Crippen molar-refractivity contribution in [3.05, 3.63) is 59.1 Å². The number of nitrogens with zero attached hydrogens (tertiary/aromatic N) is 1. The molecule has 3 rings (SSSR count). The monoisotopic (exact) mass is 284 g/mol. The van der Waals surface area contributed by atoms with E-state index in [1.54, 1.807) is 0 Å². The normalized spacial score (nSPS) is 10.7.